The van der Waals surface area contributed by atoms with Gasteiger partial charge in [0.05, 0.1) is 5.71 Å². The Hall–Kier alpha value is -1.84. The van der Waals surface area contributed by atoms with Crippen LogP contribution in [0.4, 0.5) is 0 Å². The van der Waals surface area contributed by atoms with Crippen LogP contribution >= 0.6 is 0 Å². The number of guanidine groups is 1. The van der Waals surface area contributed by atoms with Crippen LogP contribution in [0.3, 0.4) is 0 Å². The quantitative estimate of drug-likeness (QED) is 0.433. The zero-order valence-corrected chi connectivity index (χ0v) is 9.28. The fourth-order valence-electron chi connectivity index (χ4n) is 1.57. The molecule has 0 saturated heterocycles. The van der Waals surface area contributed by atoms with Crippen molar-refractivity contribution in [2.75, 3.05) is 0 Å². The van der Waals surface area contributed by atoms with Gasteiger partial charge < -0.3 is 11.5 Å². The Labute approximate surface area is 89.7 Å². The predicted molar refractivity (Wildman–Crippen MR) is 63.9 cm³/mol. The van der Waals surface area contributed by atoms with Crippen LogP contribution in [0, 0.1) is 13.8 Å². The van der Waals surface area contributed by atoms with Crippen LogP contribution in [0.25, 0.3) is 0 Å². The van der Waals surface area contributed by atoms with Crippen molar-refractivity contribution < 1.29 is 0 Å². The molecule has 0 heterocycles. The molecule has 0 aliphatic rings. The number of nitrogens with zero attached hydrogens (tertiary/aromatic N) is 2. The summed E-state index contributed by atoms with van der Waals surface area (Å²) in [5.74, 6) is -0.0272. The number of benzene rings is 1. The van der Waals surface area contributed by atoms with Gasteiger partial charge in [0.15, 0.2) is 0 Å². The molecule has 0 aliphatic carbocycles. The van der Waals surface area contributed by atoms with Gasteiger partial charge in [-0.05, 0) is 31.9 Å². The van der Waals surface area contributed by atoms with Gasteiger partial charge in [-0.15, -0.1) is 5.10 Å². The zero-order chi connectivity index (χ0) is 11.4. The van der Waals surface area contributed by atoms with Crippen molar-refractivity contribution in [3.05, 3.63) is 34.9 Å². The third-order valence-corrected chi connectivity index (χ3v) is 2.16. The number of nitrogens with two attached hydrogens (primary N) is 2. The first-order chi connectivity index (χ1) is 7.02. The Morgan fingerprint density at radius 1 is 1.07 bits per heavy atom. The van der Waals surface area contributed by atoms with Crippen LogP contribution in [-0.2, 0) is 0 Å². The first-order valence-electron chi connectivity index (χ1n) is 4.72. The topological polar surface area (TPSA) is 76.8 Å². The lowest BCUT2D eigenvalue weighted by Crippen LogP contribution is -2.22. The normalized spacial score (nSPS) is 11.3. The van der Waals surface area contributed by atoms with E-state index >= 15 is 0 Å². The molecule has 0 aromatic heterocycles. The largest absolute Gasteiger partial charge is 0.369 e. The smallest absolute Gasteiger partial charge is 0.211 e. The molecule has 0 amide bonds. The molecule has 1 rings (SSSR count). The maximum atomic E-state index is 5.22. The van der Waals surface area contributed by atoms with Gasteiger partial charge in [0.1, 0.15) is 0 Å². The molecule has 1 aromatic rings. The van der Waals surface area contributed by atoms with Crippen LogP contribution in [0.5, 0.6) is 0 Å². The lowest BCUT2D eigenvalue weighted by atomic mass is 10.00. The summed E-state index contributed by atoms with van der Waals surface area (Å²) in [5, 5.41) is 7.61. The summed E-state index contributed by atoms with van der Waals surface area (Å²) < 4.78 is 0. The van der Waals surface area contributed by atoms with E-state index in [1.54, 1.807) is 0 Å². The highest BCUT2D eigenvalue weighted by Gasteiger charge is 2.04. The van der Waals surface area contributed by atoms with Crippen LogP contribution in [0.2, 0.25) is 0 Å². The molecule has 0 aliphatic heterocycles. The Balaban J connectivity index is 3.16. The van der Waals surface area contributed by atoms with E-state index in [-0.39, 0.29) is 5.96 Å². The Morgan fingerprint density at radius 2 is 1.60 bits per heavy atom. The Bertz CT molecular complexity index is 394. The minimum absolute atomic E-state index is 0.0272. The van der Waals surface area contributed by atoms with Gasteiger partial charge in [-0.25, -0.2) is 0 Å². The molecule has 80 valence electrons. The van der Waals surface area contributed by atoms with E-state index in [4.69, 9.17) is 11.5 Å². The van der Waals surface area contributed by atoms with Gasteiger partial charge in [-0.1, -0.05) is 18.2 Å². The second-order valence-electron chi connectivity index (χ2n) is 3.48. The number of rotatable bonds is 2. The van der Waals surface area contributed by atoms with Gasteiger partial charge >= 0.3 is 0 Å². The molecule has 0 fully saturated rings. The average molecular weight is 204 g/mol. The van der Waals surface area contributed by atoms with Crippen LogP contribution in [0.15, 0.2) is 28.4 Å². The molecular weight excluding hydrogens is 188 g/mol. The third-order valence-electron chi connectivity index (χ3n) is 2.16. The summed E-state index contributed by atoms with van der Waals surface area (Å²) in [6, 6.07) is 6.09. The summed E-state index contributed by atoms with van der Waals surface area (Å²) in [6.45, 7) is 5.97. The SMILES string of the molecule is C/C(=N/N=C(N)N)c1c(C)cccc1C. The van der Waals surface area contributed by atoms with Gasteiger partial charge in [-0.2, -0.15) is 5.10 Å². The first-order valence-corrected chi connectivity index (χ1v) is 4.72. The molecule has 4 nitrogen and oxygen atoms in total. The van der Waals surface area contributed by atoms with Crippen LogP contribution in [-0.4, -0.2) is 11.7 Å². The van der Waals surface area contributed by atoms with Crippen LogP contribution < -0.4 is 11.5 Å². The molecular formula is C11H16N4. The molecule has 0 bridgehead atoms. The minimum atomic E-state index is -0.0272. The third kappa shape index (κ3) is 2.80. The van der Waals surface area contributed by atoms with E-state index < -0.39 is 0 Å². The van der Waals surface area contributed by atoms with Crippen molar-refractivity contribution >= 4 is 11.7 Å². The van der Waals surface area contributed by atoms with Gasteiger partial charge in [0.2, 0.25) is 5.96 Å². The van der Waals surface area contributed by atoms with E-state index in [0.29, 0.717) is 0 Å². The Morgan fingerprint density at radius 3 is 2.07 bits per heavy atom. The van der Waals surface area contributed by atoms with Crippen molar-refractivity contribution in [1.82, 2.24) is 0 Å². The molecule has 4 heteroatoms. The molecule has 15 heavy (non-hydrogen) atoms. The summed E-state index contributed by atoms with van der Waals surface area (Å²) in [5.41, 5.74) is 14.7. The van der Waals surface area contributed by atoms with Crippen molar-refractivity contribution in [3.63, 3.8) is 0 Å². The second kappa shape index (κ2) is 4.59. The highest BCUT2D eigenvalue weighted by molar-refractivity contribution is 6.01. The minimum Gasteiger partial charge on any atom is -0.369 e. The maximum absolute atomic E-state index is 5.22. The van der Waals surface area contributed by atoms with Crippen molar-refractivity contribution in [1.29, 1.82) is 0 Å². The van der Waals surface area contributed by atoms with E-state index in [2.05, 4.69) is 10.2 Å². The highest BCUT2D eigenvalue weighted by Crippen LogP contribution is 2.14. The molecule has 0 spiro atoms. The highest BCUT2D eigenvalue weighted by atomic mass is 15.3. The molecule has 0 unspecified atom stereocenters. The summed E-state index contributed by atoms with van der Waals surface area (Å²) >= 11 is 0. The lowest BCUT2D eigenvalue weighted by molar-refractivity contribution is 1.19. The summed E-state index contributed by atoms with van der Waals surface area (Å²) in [7, 11) is 0. The number of hydrogen-bond donors (Lipinski definition) is 2. The molecule has 1 aromatic carbocycles. The maximum Gasteiger partial charge on any atom is 0.211 e. The number of hydrogen-bond acceptors (Lipinski definition) is 2. The summed E-state index contributed by atoms with van der Waals surface area (Å²) in [4.78, 5) is 0. The predicted octanol–water partition coefficient (Wildman–Crippen LogP) is 1.30. The standard InChI is InChI=1S/C11H16N4/c1-7-5-4-6-8(2)10(7)9(3)14-15-11(12)13/h4-6H,1-3H3,(H4,12,13,15)/b14-9-. The molecule has 4 N–H and O–H groups in total. The zero-order valence-electron chi connectivity index (χ0n) is 9.28. The average Bonchev–Trinajstić information content (AvgIpc) is 2.14. The second-order valence-corrected chi connectivity index (χ2v) is 3.48. The van der Waals surface area contributed by atoms with Crippen molar-refractivity contribution in [3.8, 4) is 0 Å². The fourth-order valence-corrected chi connectivity index (χ4v) is 1.57. The monoisotopic (exact) mass is 204 g/mol. The fraction of sp³-hybridized carbons (Fsp3) is 0.273. The van der Waals surface area contributed by atoms with Crippen molar-refractivity contribution in [2.24, 2.45) is 21.7 Å². The van der Waals surface area contributed by atoms with Gasteiger partial charge in [0, 0.05) is 5.56 Å². The van der Waals surface area contributed by atoms with E-state index in [0.717, 1.165) is 11.3 Å². The van der Waals surface area contributed by atoms with E-state index in [1.165, 1.54) is 11.1 Å². The van der Waals surface area contributed by atoms with Gasteiger partial charge in [0.25, 0.3) is 0 Å². The van der Waals surface area contributed by atoms with E-state index in [1.807, 2.05) is 39.0 Å². The Kier molecular flexibility index (Phi) is 3.44. The molecule has 0 radical (unpaired) electrons. The van der Waals surface area contributed by atoms with Gasteiger partial charge in [-0.3, -0.25) is 0 Å². The number of aryl methyl sites for hydroxylation is 2. The van der Waals surface area contributed by atoms with E-state index in [9.17, 15) is 0 Å². The lowest BCUT2D eigenvalue weighted by Gasteiger charge is -2.07. The molecule has 0 saturated carbocycles. The van der Waals surface area contributed by atoms with Crippen molar-refractivity contribution in [2.45, 2.75) is 20.8 Å². The van der Waals surface area contributed by atoms with Crippen LogP contribution in [0.1, 0.15) is 23.6 Å². The summed E-state index contributed by atoms with van der Waals surface area (Å²) in [6.07, 6.45) is 0. The first kappa shape index (κ1) is 11.2. The molecule has 0 atom stereocenters.